The number of H-pyrrole nitrogens is 1. The van der Waals surface area contributed by atoms with Gasteiger partial charge in [0.15, 0.2) is 5.76 Å². The number of nitrogens with one attached hydrogen (secondary N) is 2. The Morgan fingerprint density at radius 2 is 2.23 bits per heavy atom. The van der Waals surface area contributed by atoms with Gasteiger partial charge >= 0.3 is 0 Å². The number of amides is 1. The number of ether oxygens (including phenoxy) is 1. The Morgan fingerprint density at radius 1 is 1.38 bits per heavy atom. The average Bonchev–Trinajstić information content (AvgIpc) is 3.00. The lowest BCUT2D eigenvalue weighted by molar-refractivity contribution is 0.0900. The van der Waals surface area contributed by atoms with Gasteiger partial charge in [0.25, 0.3) is 5.91 Å². The van der Waals surface area contributed by atoms with Gasteiger partial charge in [-0.3, -0.25) is 9.59 Å². The van der Waals surface area contributed by atoms with Crippen LogP contribution in [-0.4, -0.2) is 18.0 Å². The maximum absolute atomic E-state index is 12.5. The summed E-state index contributed by atoms with van der Waals surface area (Å²) in [5.41, 5.74) is 2.76. The van der Waals surface area contributed by atoms with Crippen LogP contribution in [0.3, 0.4) is 0 Å². The molecule has 0 unspecified atom stereocenters. The fourth-order valence-corrected chi connectivity index (χ4v) is 3.65. The molecule has 0 fully saturated rings. The standard InChI is InChI=1S/C19H17ClN2O4/c1-25-17-9-26-16(8-15(17)23)19(24)22-14-4-2-3-11-12-7-10(20)5-6-13(12)21-18(11)14/h5-9,14,21H,2-4H2,1H3,(H,22,24)/t14-/m0/s1. The van der Waals surface area contributed by atoms with Crippen molar-refractivity contribution in [1.82, 2.24) is 10.3 Å². The maximum atomic E-state index is 12.5. The predicted molar refractivity (Wildman–Crippen MR) is 98.0 cm³/mol. The molecule has 1 amide bonds. The number of halogens is 1. The number of rotatable bonds is 3. The van der Waals surface area contributed by atoms with Crippen LogP contribution >= 0.6 is 11.6 Å². The number of hydrogen-bond acceptors (Lipinski definition) is 4. The number of carbonyl (C=O) groups excluding carboxylic acids is 1. The molecule has 1 atom stereocenters. The SMILES string of the molecule is COc1coc(C(=O)N[C@H]2CCCc3c2[nH]c2ccc(Cl)cc32)cc1=O. The Labute approximate surface area is 154 Å². The van der Waals surface area contributed by atoms with E-state index < -0.39 is 11.3 Å². The largest absolute Gasteiger partial charge is 0.490 e. The molecule has 2 N–H and O–H groups in total. The lowest BCUT2D eigenvalue weighted by Gasteiger charge is -2.23. The summed E-state index contributed by atoms with van der Waals surface area (Å²) in [6, 6.07) is 6.69. The Hall–Kier alpha value is -2.73. The van der Waals surface area contributed by atoms with E-state index in [1.54, 1.807) is 0 Å². The second-order valence-electron chi connectivity index (χ2n) is 6.30. The zero-order chi connectivity index (χ0) is 18.3. The molecule has 26 heavy (non-hydrogen) atoms. The van der Waals surface area contributed by atoms with E-state index in [-0.39, 0.29) is 17.6 Å². The Morgan fingerprint density at radius 3 is 3.00 bits per heavy atom. The highest BCUT2D eigenvalue weighted by Gasteiger charge is 2.26. The summed E-state index contributed by atoms with van der Waals surface area (Å²) in [4.78, 5) is 27.8. The summed E-state index contributed by atoms with van der Waals surface area (Å²) in [7, 11) is 1.37. The molecule has 0 radical (unpaired) electrons. The molecular formula is C19H17ClN2O4. The van der Waals surface area contributed by atoms with Crippen LogP contribution in [0.25, 0.3) is 10.9 Å². The molecule has 1 aromatic carbocycles. The molecule has 1 aliphatic carbocycles. The topological polar surface area (TPSA) is 84.3 Å². The normalized spacial score (nSPS) is 16.3. The molecule has 0 saturated carbocycles. The van der Waals surface area contributed by atoms with E-state index in [0.717, 1.165) is 48.2 Å². The van der Waals surface area contributed by atoms with Crippen LogP contribution in [0.2, 0.25) is 5.02 Å². The molecule has 0 spiro atoms. The number of aryl methyl sites for hydroxylation is 1. The van der Waals surface area contributed by atoms with Gasteiger partial charge in [-0.05, 0) is 43.0 Å². The molecule has 2 heterocycles. The minimum absolute atomic E-state index is 0.0397. The van der Waals surface area contributed by atoms with Gasteiger partial charge in [0.05, 0.1) is 13.2 Å². The van der Waals surface area contributed by atoms with Gasteiger partial charge in [-0.25, -0.2) is 0 Å². The van der Waals surface area contributed by atoms with Gasteiger partial charge in [-0.1, -0.05) is 11.6 Å². The highest BCUT2D eigenvalue weighted by molar-refractivity contribution is 6.31. The Balaban J connectivity index is 1.64. The van der Waals surface area contributed by atoms with Gasteiger partial charge in [0.1, 0.15) is 6.26 Å². The van der Waals surface area contributed by atoms with Crippen molar-refractivity contribution < 1.29 is 13.9 Å². The van der Waals surface area contributed by atoms with E-state index >= 15 is 0 Å². The summed E-state index contributed by atoms with van der Waals surface area (Å²) < 4.78 is 10.1. The Bertz CT molecular complexity index is 1050. The van der Waals surface area contributed by atoms with Crippen LogP contribution in [0.15, 0.2) is 39.7 Å². The van der Waals surface area contributed by atoms with Crippen LogP contribution in [-0.2, 0) is 6.42 Å². The van der Waals surface area contributed by atoms with Gasteiger partial charge in [-0.15, -0.1) is 0 Å². The third-order valence-corrected chi connectivity index (χ3v) is 4.95. The second-order valence-corrected chi connectivity index (χ2v) is 6.74. The zero-order valence-electron chi connectivity index (χ0n) is 14.1. The van der Waals surface area contributed by atoms with Crippen molar-refractivity contribution in [2.75, 3.05) is 7.11 Å². The first kappa shape index (κ1) is 16.7. The van der Waals surface area contributed by atoms with E-state index in [1.165, 1.54) is 12.7 Å². The molecule has 6 nitrogen and oxygen atoms in total. The quantitative estimate of drug-likeness (QED) is 0.735. The van der Waals surface area contributed by atoms with E-state index in [9.17, 15) is 9.59 Å². The number of aromatic amines is 1. The fraction of sp³-hybridized carbons (Fsp3) is 0.263. The van der Waals surface area contributed by atoms with Crippen molar-refractivity contribution in [3.05, 3.63) is 62.8 Å². The molecular weight excluding hydrogens is 356 g/mol. The van der Waals surface area contributed by atoms with Crippen molar-refractivity contribution in [3.8, 4) is 5.75 Å². The number of carbonyl (C=O) groups is 1. The van der Waals surface area contributed by atoms with Crippen molar-refractivity contribution in [3.63, 3.8) is 0 Å². The van der Waals surface area contributed by atoms with Crippen molar-refractivity contribution in [1.29, 1.82) is 0 Å². The second kappa shape index (κ2) is 6.53. The van der Waals surface area contributed by atoms with Crippen LogP contribution in [0.4, 0.5) is 0 Å². The number of benzene rings is 1. The Kier molecular flexibility index (Phi) is 4.20. The first-order chi connectivity index (χ1) is 12.6. The number of aromatic nitrogens is 1. The van der Waals surface area contributed by atoms with Crippen molar-refractivity contribution in [2.24, 2.45) is 0 Å². The molecule has 0 bridgehead atoms. The van der Waals surface area contributed by atoms with Crippen molar-refractivity contribution in [2.45, 2.75) is 25.3 Å². The molecule has 1 aliphatic rings. The summed E-state index contributed by atoms with van der Waals surface area (Å²) >= 11 is 6.12. The minimum atomic E-state index is -0.431. The zero-order valence-corrected chi connectivity index (χ0v) is 14.9. The van der Waals surface area contributed by atoms with Crippen LogP contribution in [0, 0.1) is 0 Å². The van der Waals surface area contributed by atoms with E-state index in [0.29, 0.717) is 5.02 Å². The number of hydrogen-bond donors (Lipinski definition) is 2. The summed E-state index contributed by atoms with van der Waals surface area (Å²) in [5, 5.41) is 4.73. The van der Waals surface area contributed by atoms with Gasteiger partial charge in [0.2, 0.25) is 11.2 Å². The van der Waals surface area contributed by atoms with Gasteiger partial charge < -0.3 is 19.5 Å². The molecule has 0 saturated heterocycles. The fourth-order valence-electron chi connectivity index (χ4n) is 3.48. The maximum Gasteiger partial charge on any atom is 0.287 e. The van der Waals surface area contributed by atoms with E-state index in [2.05, 4.69) is 10.3 Å². The number of fused-ring (bicyclic) bond motifs is 3. The molecule has 7 heteroatoms. The molecule has 4 rings (SSSR count). The van der Waals surface area contributed by atoms with E-state index in [4.69, 9.17) is 20.8 Å². The van der Waals surface area contributed by atoms with E-state index in [1.807, 2.05) is 18.2 Å². The van der Waals surface area contributed by atoms with Gasteiger partial charge in [0, 0.05) is 27.7 Å². The van der Waals surface area contributed by atoms with Crippen LogP contribution < -0.4 is 15.5 Å². The monoisotopic (exact) mass is 372 g/mol. The minimum Gasteiger partial charge on any atom is -0.490 e. The summed E-state index contributed by atoms with van der Waals surface area (Å²) in [6.07, 6.45) is 3.83. The smallest absolute Gasteiger partial charge is 0.287 e. The molecule has 134 valence electrons. The highest BCUT2D eigenvalue weighted by Crippen LogP contribution is 2.35. The lowest BCUT2D eigenvalue weighted by atomic mass is 9.91. The van der Waals surface area contributed by atoms with Crippen LogP contribution in [0.1, 0.15) is 40.7 Å². The third kappa shape index (κ3) is 2.86. The van der Waals surface area contributed by atoms with Crippen molar-refractivity contribution >= 4 is 28.4 Å². The summed E-state index contributed by atoms with van der Waals surface area (Å²) in [5.74, 6) is -0.407. The molecule has 3 aromatic rings. The van der Waals surface area contributed by atoms with Gasteiger partial charge in [-0.2, -0.15) is 0 Å². The molecule has 0 aliphatic heterocycles. The highest BCUT2D eigenvalue weighted by atomic mass is 35.5. The predicted octanol–water partition coefficient (Wildman–Crippen LogP) is 3.59. The first-order valence-corrected chi connectivity index (χ1v) is 8.72. The number of methoxy groups -OCH3 is 1. The third-order valence-electron chi connectivity index (χ3n) is 4.72. The summed E-state index contributed by atoms with van der Waals surface area (Å²) in [6.45, 7) is 0. The van der Waals surface area contributed by atoms with Crippen LogP contribution in [0.5, 0.6) is 5.75 Å². The lowest BCUT2D eigenvalue weighted by Crippen LogP contribution is -2.31. The average molecular weight is 373 g/mol. The first-order valence-electron chi connectivity index (χ1n) is 8.34. The molecule has 2 aromatic heterocycles.